The van der Waals surface area contributed by atoms with Crippen LogP contribution in [0.25, 0.3) is 0 Å². The van der Waals surface area contributed by atoms with Gasteiger partial charge in [-0.3, -0.25) is 4.79 Å². The summed E-state index contributed by atoms with van der Waals surface area (Å²) in [5.41, 5.74) is 0. The Kier molecular flexibility index (Phi) is 11.7. The lowest BCUT2D eigenvalue weighted by atomic mass is 9.93. The van der Waals surface area contributed by atoms with Crippen molar-refractivity contribution in [1.29, 1.82) is 0 Å². The molecule has 180 valence electrons. The molecule has 0 N–H and O–H groups in total. The van der Waals surface area contributed by atoms with Crippen LogP contribution < -0.4 is 0 Å². The van der Waals surface area contributed by atoms with Crippen molar-refractivity contribution in [3.8, 4) is 0 Å². The van der Waals surface area contributed by atoms with E-state index in [0.717, 1.165) is 25.9 Å². The fourth-order valence-corrected chi connectivity index (χ4v) is 5.06. The van der Waals surface area contributed by atoms with Crippen molar-refractivity contribution < 1.29 is 19.1 Å². The van der Waals surface area contributed by atoms with E-state index in [4.69, 9.17) is 9.47 Å². The lowest BCUT2D eigenvalue weighted by Gasteiger charge is -2.23. The third-order valence-corrected chi connectivity index (χ3v) is 7.02. The number of amides is 2. The summed E-state index contributed by atoms with van der Waals surface area (Å²) in [6.45, 7) is 9.23. The summed E-state index contributed by atoms with van der Waals surface area (Å²) in [4.78, 5) is 29.4. The molecule has 6 heteroatoms. The Hall–Kier alpha value is -1.30. The maximum atomic E-state index is 12.8. The van der Waals surface area contributed by atoms with Crippen LogP contribution in [-0.4, -0.2) is 67.3 Å². The second-order valence-corrected chi connectivity index (χ2v) is 9.70. The summed E-state index contributed by atoms with van der Waals surface area (Å²) < 4.78 is 11.2. The molecule has 0 saturated carbocycles. The zero-order valence-electron chi connectivity index (χ0n) is 20.4. The molecule has 0 aromatic rings. The van der Waals surface area contributed by atoms with Crippen LogP contribution >= 0.6 is 0 Å². The fourth-order valence-electron chi connectivity index (χ4n) is 5.06. The van der Waals surface area contributed by atoms with E-state index in [-0.39, 0.29) is 24.1 Å². The average molecular weight is 439 g/mol. The van der Waals surface area contributed by atoms with Gasteiger partial charge in [-0.1, -0.05) is 65.7 Å². The van der Waals surface area contributed by atoms with E-state index >= 15 is 0 Å². The number of unbranched alkanes of at least 4 members (excludes halogenated alkanes) is 6. The summed E-state index contributed by atoms with van der Waals surface area (Å²) in [7, 11) is 1.66. The van der Waals surface area contributed by atoms with Gasteiger partial charge in [-0.2, -0.15) is 0 Å². The van der Waals surface area contributed by atoms with Crippen molar-refractivity contribution in [2.75, 3.05) is 33.4 Å². The Bertz CT molecular complexity index is 542. The minimum Gasteiger partial charge on any atom is -0.444 e. The molecule has 31 heavy (non-hydrogen) atoms. The molecule has 0 bridgehead atoms. The van der Waals surface area contributed by atoms with Gasteiger partial charge in [0.1, 0.15) is 6.10 Å². The molecule has 2 saturated heterocycles. The van der Waals surface area contributed by atoms with Gasteiger partial charge in [0, 0.05) is 33.0 Å². The molecular formula is C25H46N2O4. The molecule has 2 heterocycles. The van der Waals surface area contributed by atoms with Crippen molar-refractivity contribution >= 4 is 12.0 Å². The topological polar surface area (TPSA) is 59.1 Å². The van der Waals surface area contributed by atoms with E-state index in [1.165, 1.54) is 44.9 Å². The molecule has 2 fully saturated rings. The number of carbonyl (C=O) groups excluding carboxylic acids is 2. The van der Waals surface area contributed by atoms with Crippen molar-refractivity contribution in [3.05, 3.63) is 0 Å². The first-order valence-electron chi connectivity index (χ1n) is 12.7. The van der Waals surface area contributed by atoms with Gasteiger partial charge in [-0.25, -0.2) is 4.79 Å². The number of rotatable bonds is 13. The molecule has 2 rings (SSSR count). The maximum Gasteiger partial charge on any atom is 0.410 e. The minimum absolute atomic E-state index is 0.00481. The summed E-state index contributed by atoms with van der Waals surface area (Å²) in [5, 5.41) is 0. The molecule has 0 aromatic heterocycles. The Morgan fingerprint density at radius 3 is 2.35 bits per heavy atom. The second kappa shape index (κ2) is 14.0. The Balaban J connectivity index is 1.79. The van der Waals surface area contributed by atoms with Gasteiger partial charge in [0.15, 0.2) is 0 Å². The van der Waals surface area contributed by atoms with E-state index in [0.29, 0.717) is 37.8 Å². The highest BCUT2D eigenvalue weighted by atomic mass is 16.6. The van der Waals surface area contributed by atoms with Crippen molar-refractivity contribution in [1.82, 2.24) is 9.80 Å². The van der Waals surface area contributed by atoms with Gasteiger partial charge < -0.3 is 19.3 Å². The standard InChI is InChI=1S/C25H46N2O4/c1-5-7-9-10-11-12-14-24(28)27-18-23(15-22(27)19-30-4)31-25(29)26-16-20(3)21(17-26)13-8-6-2/h20-23H,5-19H2,1-4H3/t20?,21?,22-,23-/m1/s1. The van der Waals surface area contributed by atoms with Gasteiger partial charge in [-0.15, -0.1) is 0 Å². The highest BCUT2D eigenvalue weighted by Gasteiger charge is 2.39. The summed E-state index contributed by atoms with van der Waals surface area (Å²) >= 11 is 0. The number of nitrogens with zero attached hydrogens (tertiary/aromatic N) is 2. The first-order valence-corrected chi connectivity index (χ1v) is 12.7. The summed E-state index contributed by atoms with van der Waals surface area (Å²) in [5.74, 6) is 1.28. The monoisotopic (exact) mass is 438 g/mol. The summed E-state index contributed by atoms with van der Waals surface area (Å²) in [6, 6.07) is 0.00481. The van der Waals surface area contributed by atoms with E-state index in [1.807, 2.05) is 9.80 Å². The van der Waals surface area contributed by atoms with Crippen LogP contribution in [-0.2, 0) is 14.3 Å². The van der Waals surface area contributed by atoms with E-state index < -0.39 is 0 Å². The van der Waals surface area contributed by atoms with Crippen LogP contribution in [0, 0.1) is 11.8 Å². The number of methoxy groups -OCH3 is 1. The Labute approximate surface area is 190 Å². The lowest BCUT2D eigenvalue weighted by Crippen LogP contribution is -2.38. The number of likely N-dealkylation sites (tertiary alicyclic amines) is 2. The first-order chi connectivity index (χ1) is 15.0. The Morgan fingerprint density at radius 2 is 1.65 bits per heavy atom. The van der Waals surface area contributed by atoms with E-state index in [1.54, 1.807) is 7.11 Å². The predicted molar refractivity (Wildman–Crippen MR) is 124 cm³/mol. The molecule has 4 atom stereocenters. The van der Waals surface area contributed by atoms with Gasteiger partial charge in [0.2, 0.25) is 5.91 Å². The molecule has 0 spiro atoms. The van der Waals surface area contributed by atoms with Crippen LogP contribution in [0.5, 0.6) is 0 Å². The smallest absolute Gasteiger partial charge is 0.410 e. The molecule has 2 amide bonds. The molecule has 2 aliphatic rings. The van der Waals surface area contributed by atoms with Gasteiger partial charge in [0.25, 0.3) is 0 Å². The highest BCUT2D eigenvalue weighted by Crippen LogP contribution is 2.29. The van der Waals surface area contributed by atoms with Crippen molar-refractivity contribution in [3.63, 3.8) is 0 Å². The third-order valence-electron chi connectivity index (χ3n) is 7.02. The fraction of sp³-hybridized carbons (Fsp3) is 0.920. The first kappa shape index (κ1) is 26.0. The number of ether oxygens (including phenoxy) is 2. The van der Waals surface area contributed by atoms with Gasteiger partial charge >= 0.3 is 6.09 Å². The molecule has 6 nitrogen and oxygen atoms in total. The maximum absolute atomic E-state index is 12.8. The number of carbonyl (C=O) groups is 2. The molecule has 0 aliphatic carbocycles. The second-order valence-electron chi connectivity index (χ2n) is 9.70. The largest absolute Gasteiger partial charge is 0.444 e. The van der Waals surface area contributed by atoms with Crippen LogP contribution in [0.15, 0.2) is 0 Å². The van der Waals surface area contributed by atoms with Gasteiger partial charge in [-0.05, 0) is 24.7 Å². The third kappa shape index (κ3) is 8.28. The number of hydrogen-bond acceptors (Lipinski definition) is 4. The van der Waals surface area contributed by atoms with Crippen molar-refractivity contribution in [2.45, 2.75) is 104 Å². The van der Waals surface area contributed by atoms with Crippen molar-refractivity contribution in [2.24, 2.45) is 11.8 Å². The Morgan fingerprint density at radius 1 is 0.935 bits per heavy atom. The van der Waals surface area contributed by atoms with E-state index in [2.05, 4.69) is 20.8 Å². The molecule has 0 aromatic carbocycles. The quantitative estimate of drug-likeness (QED) is 0.369. The van der Waals surface area contributed by atoms with Crippen LogP contribution in [0.1, 0.15) is 91.4 Å². The zero-order valence-corrected chi connectivity index (χ0v) is 20.4. The normalized spacial score (nSPS) is 25.9. The van der Waals surface area contributed by atoms with Gasteiger partial charge in [0.05, 0.1) is 19.2 Å². The van der Waals surface area contributed by atoms with Crippen LogP contribution in [0.3, 0.4) is 0 Å². The average Bonchev–Trinajstić information content (AvgIpc) is 3.32. The minimum atomic E-state index is -0.230. The molecule has 0 radical (unpaired) electrons. The highest BCUT2D eigenvalue weighted by molar-refractivity contribution is 5.77. The lowest BCUT2D eigenvalue weighted by molar-refractivity contribution is -0.133. The van der Waals surface area contributed by atoms with Crippen LogP contribution in [0.4, 0.5) is 4.79 Å². The molecule has 2 unspecified atom stereocenters. The number of hydrogen-bond donors (Lipinski definition) is 0. The SMILES string of the molecule is CCCCCCCCC(=O)N1C[C@H](OC(=O)N2CC(C)C(CCCC)C2)C[C@@H]1COC. The zero-order chi connectivity index (χ0) is 22.6. The molecular weight excluding hydrogens is 392 g/mol. The predicted octanol–water partition coefficient (Wildman–Crippen LogP) is 5.25. The summed E-state index contributed by atoms with van der Waals surface area (Å²) in [6.07, 6.45) is 11.4. The molecule has 2 aliphatic heterocycles. The van der Waals surface area contributed by atoms with E-state index in [9.17, 15) is 9.59 Å². The van der Waals surface area contributed by atoms with Crippen LogP contribution in [0.2, 0.25) is 0 Å².